The molecule has 7 nitrogen and oxygen atoms in total. The van der Waals surface area contributed by atoms with Gasteiger partial charge in [0.2, 0.25) is 0 Å². The van der Waals surface area contributed by atoms with Gasteiger partial charge in [0.15, 0.2) is 0 Å². The molecule has 128 valence electrons. The van der Waals surface area contributed by atoms with E-state index in [9.17, 15) is 9.90 Å². The van der Waals surface area contributed by atoms with Crippen LogP contribution in [0, 0.1) is 0 Å². The maximum absolute atomic E-state index is 11.1. The Hall–Kier alpha value is -3.06. The fraction of sp³-hybridized carbons (Fsp3) is 0.222. The van der Waals surface area contributed by atoms with Crippen LogP contribution in [0.15, 0.2) is 36.0 Å². The smallest absolute Gasteiger partial charge is 0.335 e. The number of nitrogens with zero attached hydrogens (tertiary/aromatic N) is 1. The third-order valence-electron chi connectivity index (χ3n) is 4.18. The number of benzene rings is 1. The van der Waals surface area contributed by atoms with Crippen molar-refractivity contribution in [2.75, 3.05) is 11.9 Å². The number of hydrogen-bond donors (Lipinski definition) is 3. The summed E-state index contributed by atoms with van der Waals surface area (Å²) in [7, 11) is 0. The van der Waals surface area contributed by atoms with E-state index >= 15 is 0 Å². The Balaban J connectivity index is 1.64. The normalized spacial score (nSPS) is 18.1. The number of carboxylic acids is 1. The zero-order valence-corrected chi connectivity index (χ0v) is 13.2. The Morgan fingerprint density at radius 3 is 3.08 bits per heavy atom. The van der Waals surface area contributed by atoms with Gasteiger partial charge >= 0.3 is 5.97 Å². The zero-order chi connectivity index (χ0) is 17.4. The van der Waals surface area contributed by atoms with Crippen LogP contribution in [0.25, 0.3) is 6.08 Å². The Bertz CT molecular complexity index is 878. The first-order valence-electron chi connectivity index (χ1n) is 7.91. The molecule has 1 unspecified atom stereocenters. The van der Waals surface area contributed by atoms with Crippen molar-refractivity contribution in [1.29, 1.82) is 0 Å². The molecule has 1 atom stereocenters. The summed E-state index contributed by atoms with van der Waals surface area (Å²) in [6, 6.07) is 7.05. The molecule has 0 spiro atoms. The highest BCUT2D eigenvalue weighted by molar-refractivity contribution is 5.93. The molecule has 4 rings (SSSR count). The van der Waals surface area contributed by atoms with Gasteiger partial charge < -0.3 is 25.0 Å². The second kappa shape index (κ2) is 6.10. The van der Waals surface area contributed by atoms with Crippen LogP contribution in [0.3, 0.4) is 0 Å². The van der Waals surface area contributed by atoms with Crippen molar-refractivity contribution in [3.8, 4) is 17.2 Å². The molecule has 2 aliphatic heterocycles. The van der Waals surface area contributed by atoms with E-state index < -0.39 is 12.2 Å². The molecule has 0 aliphatic carbocycles. The number of rotatable bonds is 3. The Kier molecular flexibility index (Phi) is 3.77. The topological polar surface area (TPSA) is 101 Å². The fourth-order valence-corrected chi connectivity index (χ4v) is 2.92. The fourth-order valence-electron chi connectivity index (χ4n) is 2.92. The second-order valence-corrected chi connectivity index (χ2v) is 5.90. The van der Waals surface area contributed by atoms with Gasteiger partial charge in [-0.1, -0.05) is 0 Å². The summed E-state index contributed by atoms with van der Waals surface area (Å²) in [5.41, 5.74) is 1.77. The molecule has 2 aromatic rings. The molecule has 1 aromatic heterocycles. The largest absolute Gasteiger partial charge is 0.488 e. The van der Waals surface area contributed by atoms with Gasteiger partial charge in [-0.3, -0.25) is 0 Å². The van der Waals surface area contributed by atoms with E-state index in [-0.39, 0.29) is 12.2 Å². The number of aromatic nitrogens is 1. The van der Waals surface area contributed by atoms with Crippen LogP contribution in [-0.4, -0.2) is 34.0 Å². The molecule has 25 heavy (non-hydrogen) atoms. The van der Waals surface area contributed by atoms with E-state index in [4.69, 9.17) is 14.6 Å². The van der Waals surface area contributed by atoms with Crippen LogP contribution in [0.1, 0.15) is 17.5 Å². The molecule has 7 heteroatoms. The van der Waals surface area contributed by atoms with Crippen LogP contribution in [0.5, 0.6) is 17.2 Å². The molecule has 0 saturated heterocycles. The molecule has 0 amide bonds. The Labute approximate surface area is 143 Å². The van der Waals surface area contributed by atoms with Crippen LogP contribution < -0.4 is 14.8 Å². The summed E-state index contributed by atoms with van der Waals surface area (Å²) in [6.45, 7) is 0.0500. The predicted molar refractivity (Wildman–Crippen MR) is 89.8 cm³/mol. The van der Waals surface area contributed by atoms with E-state index in [2.05, 4.69) is 10.3 Å². The molecule has 3 N–H and O–H groups in total. The van der Waals surface area contributed by atoms with Gasteiger partial charge in [0.05, 0.1) is 5.57 Å². The molecular formula is C18H16N2O5. The highest BCUT2D eigenvalue weighted by atomic mass is 16.5. The SMILES string of the molecule is O=C(O)C1=Cc2cc(Oc3ccnc4c3CCC(O)N4)ccc2OC1. The van der Waals surface area contributed by atoms with Crippen LogP contribution >= 0.6 is 0 Å². The van der Waals surface area contributed by atoms with Crippen molar-refractivity contribution in [3.63, 3.8) is 0 Å². The molecular weight excluding hydrogens is 324 g/mol. The average molecular weight is 340 g/mol. The monoisotopic (exact) mass is 340 g/mol. The van der Waals surface area contributed by atoms with Gasteiger partial charge in [0.25, 0.3) is 0 Å². The predicted octanol–water partition coefficient (Wildman–Crippen LogP) is 2.41. The molecule has 1 aromatic carbocycles. The first-order chi connectivity index (χ1) is 12.1. The zero-order valence-electron chi connectivity index (χ0n) is 13.2. The number of aliphatic hydroxyl groups is 1. The van der Waals surface area contributed by atoms with Gasteiger partial charge in [-0.2, -0.15) is 0 Å². The lowest BCUT2D eigenvalue weighted by molar-refractivity contribution is -0.132. The number of aliphatic carboxylic acids is 1. The van der Waals surface area contributed by atoms with E-state index in [1.54, 1.807) is 36.5 Å². The summed E-state index contributed by atoms with van der Waals surface area (Å²) in [4.78, 5) is 15.3. The molecule has 3 heterocycles. The minimum absolute atomic E-state index is 0.0500. The van der Waals surface area contributed by atoms with Gasteiger partial charge in [-0.25, -0.2) is 9.78 Å². The maximum atomic E-state index is 11.1. The number of nitrogens with one attached hydrogen (secondary N) is 1. The Morgan fingerprint density at radius 1 is 1.36 bits per heavy atom. The van der Waals surface area contributed by atoms with Gasteiger partial charge in [0, 0.05) is 17.3 Å². The third kappa shape index (κ3) is 3.01. The van der Waals surface area contributed by atoms with Crippen molar-refractivity contribution in [2.24, 2.45) is 0 Å². The van der Waals surface area contributed by atoms with Crippen molar-refractivity contribution >= 4 is 17.9 Å². The van der Waals surface area contributed by atoms with Crippen molar-refractivity contribution in [1.82, 2.24) is 4.98 Å². The van der Waals surface area contributed by atoms with Crippen LogP contribution in [0.2, 0.25) is 0 Å². The first-order valence-corrected chi connectivity index (χ1v) is 7.91. The lowest BCUT2D eigenvalue weighted by atomic mass is 10.0. The lowest BCUT2D eigenvalue weighted by Gasteiger charge is -2.24. The van der Waals surface area contributed by atoms with Gasteiger partial charge in [-0.05, 0) is 43.2 Å². The van der Waals surface area contributed by atoms with Crippen molar-refractivity contribution < 1.29 is 24.5 Å². The van der Waals surface area contributed by atoms with E-state index in [0.29, 0.717) is 41.5 Å². The number of fused-ring (bicyclic) bond motifs is 2. The quantitative estimate of drug-likeness (QED) is 0.789. The summed E-state index contributed by atoms with van der Waals surface area (Å²) in [5, 5.41) is 21.7. The highest BCUT2D eigenvalue weighted by Crippen LogP contribution is 2.36. The van der Waals surface area contributed by atoms with E-state index in [1.165, 1.54) is 0 Å². The third-order valence-corrected chi connectivity index (χ3v) is 4.18. The van der Waals surface area contributed by atoms with Crippen LogP contribution in [-0.2, 0) is 11.2 Å². The van der Waals surface area contributed by atoms with E-state index in [1.807, 2.05) is 0 Å². The number of anilines is 1. The van der Waals surface area contributed by atoms with Gasteiger partial charge in [-0.15, -0.1) is 0 Å². The molecule has 0 bridgehead atoms. The molecule has 0 saturated carbocycles. The maximum Gasteiger partial charge on any atom is 0.335 e. The molecule has 0 radical (unpaired) electrons. The molecule has 0 fully saturated rings. The second-order valence-electron chi connectivity index (χ2n) is 5.90. The average Bonchev–Trinajstić information content (AvgIpc) is 2.61. The number of pyridine rings is 1. The number of aliphatic hydroxyl groups excluding tert-OH is 1. The number of ether oxygens (including phenoxy) is 2. The van der Waals surface area contributed by atoms with E-state index in [0.717, 1.165) is 5.56 Å². The number of carboxylic acid groups (broad SMARTS) is 1. The lowest BCUT2D eigenvalue weighted by Crippen LogP contribution is -2.25. The van der Waals surface area contributed by atoms with Gasteiger partial charge in [0.1, 0.15) is 35.9 Å². The highest BCUT2D eigenvalue weighted by Gasteiger charge is 2.21. The summed E-state index contributed by atoms with van der Waals surface area (Å²) >= 11 is 0. The van der Waals surface area contributed by atoms with Crippen molar-refractivity contribution in [3.05, 3.63) is 47.2 Å². The number of hydrogen-bond acceptors (Lipinski definition) is 6. The molecule has 2 aliphatic rings. The van der Waals surface area contributed by atoms with Crippen LogP contribution in [0.4, 0.5) is 5.82 Å². The minimum Gasteiger partial charge on any atom is -0.488 e. The minimum atomic E-state index is -0.996. The summed E-state index contributed by atoms with van der Waals surface area (Å²) < 4.78 is 11.4. The summed E-state index contributed by atoms with van der Waals surface area (Å²) in [5.74, 6) is 1.47. The number of carbonyl (C=O) groups is 1. The standard InChI is InChI=1S/C18H16N2O5/c21-16-4-2-13-15(5-6-19-17(13)20-16)25-12-1-3-14-10(8-12)7-11(9-24-14)18(22)23/h1,3,5-8,16,21H,2,4,9H2,(H,19,20)(H,22,23). The Morgan fingerprint density at radius 2 is 2.24 bits per heavy atom. The first kappa shape index (κ1) is 15.5. The van der Waals surface area contributed by atoms with Crippen molar-refractivity contribution in [2.45, 2.75) is 19.1 Å². The summed E-state index contributed by atoms with van der Waals surface area (Å²) in [6.07, 6.45) is 3.84.